The van der Waals surface area contributed by atoms with Crippen LogP contribution in [0.4, 0.5) is 0 Å². The van der Waals surface area contributed by atoms with Gasteiger partial charge in [-0.05, 0) is 37.9 Å². The summed E-state index contributed by atoms with van der Waals surface area (Å²) in [6.07, 6.45) is 1.46. The largest absolute Gasteiger partial charge is 0.504 e. The van der Waals surface area contributed by atoms with Crippen LogP contribution in [0.15, 0.2) is 17.7 Å². The molecule has 0 aromatic heterocycles. The first kappa shape index (κ1) is 14.6. The smallest absolute Gasteiger partial charge is 0.162 e. The van der Waals surface area contributed by atoms with Crippen LogP contribution in [0.1, 0.15) is 11.1 Å². The minimum Gasteiger partial charge on any atom is -0.504 e. The molecular formula is C14H15N3O2. The number of ether oxygens (including phenoxy) is 1. The average Bonchev–Trinajstić information content (AvgIpc) is 2.38. The van der Waals surface area contributed by atoms with Gasteiger partial charge in [-0.25, -0.2) is 0 Å². The lowest BCUT2D eigenvalue weighted by Gasteiger charge is -2.14. The van der Waals surface area contributed by atoms with Crippen LogP contribution in [-0.2, 0) is 6.54 Å². The van der Waals surface area contributed by atoms with Crippen LogP contribution in [0.3, 0.4) is 0 Å². The van der Waals surface area contributed by atoms with Gasteiger partial charge in [0.05, 0.1) is 7.11 Å². The number of hydrogen-bond donors (Lipinski definition) is 1. The molecule has 0 amide bonds. The lowest BCUT2D eigenvalue weighted by atomic mass is 10.1. The zero-order valence-corrected chi connectivity index (χ0v) is 11.1. The molecule has 0 aliphatic heterocycles. The fraction of sp³-hybridized carbons (Fsp3) is 0.286. The Hall–Kier alpha value is -2.50. The monoisotopic (exact) mass is 257 g/mol. The molecule has 0 aliphatic rings. The number of allylic oxidation sites excluding steroid dienone is 1. The van der Waals surface area contributed by atoms with Crippen molar-refractivity contribution in [3.8, 4) is 23.6 Å². The van der Waals surface area contributed by atoms with E-state index in [4.69, 9.17) is 15.3 Å². The van der Waals surface area contributed by atoms with Crippen molar-refractivity contribution in [1.29, 1.82) is 10.5 Å². The maximum atomic E-state index is 10.0. The summed E-state index contributed by atoms with van der Waals surface area (Å²) in [6.45, 7) is 0.526. The molecule has 0 bridgehead atoms. The molecule has 98 valence electrons. The standard InChI is InChI=1S/C14H15N3O2/c1-17(2)9-12-5-10(4-11(7-15)8-16)6-13(19-3)14(12)18/h4-6,18H,9H2,1-3H3. The molecule has 0 radical (unpaired) electrons. The Labute approximate surface area is 112 Å². The Morgan fingerprint density at radius 2 is 2.00 bits per heavy atom. The zero-order chi connectivity index (χ0) is 14.4. The van der Waals surface area contributed by atoms with Crippen LogP contribution in [0.5, 0.6) is 11.5 Å². The van der Waals surface area contributed by atoms with Crippen LogP contribution in [-0.4, -0.2) is 31.2 Å². The number of phenols is 1. The molecule has 0 aliphatic carbocycles. The highest BCUT2D eigenvalue weighted by molar-refractivity contribution is 5.65. The van der Waals surface area contributed by atoms with E-state index in [1.165, 1.54) is 13.2 Å². The minimum atomic E-state index is 0.00328. The van der Waals surface area contributed by atoms with E-state index in [0.717, 1.165) is 0 Å². The maximum absolute atomic E-state index is 10.0. The highest BCUT2D eigenvalue weighted by Gasteiger charge is 2.11. The Morgan fingerprint density at radius 1 is 1.37 bits per heavy atom. The second-order valence-corrected chi connectivity index (χ2v) is 4.25. The molecule has 0 saturated heterocycles. The maximum Gasteiger partial charge on any atom is 0.162 e. The first-order chi connectivity index (χ1) is 9.01. The van der Waals surface area contributed by atoms with Crippen molar-refractivity contribution in [1.82, 2.24) is 4.90 Å². The summed E-state index contributed by atoms with van der Waals surface area (Å²) < 4.78 is 5.09. The summed E-state index contributed by atoms with van der Waals surface area (Å²) in [4.78, 5) is 1.90. The summed E-state index contributed by atoms with van der Waals surface area (Å²) in [7, 11) is 5.21. The van der Waals surface area contributed by atoms with E-state index in [1.54, 1.807) is 24.3 Å². The number of phenolic OH excluding ortho intramolecular Hbond substituents is 1. The minimum absolute atomic E-state index is 0.00328. The van der Waals surface area contributed by atoms with Crippen molar-refractivity contribution < 1.29 is 9.84 Å². The summed E-state index contributed by atoms with van der Waals surface area (Å²) in [5, 5.41) is 27.5. The molecule has 0 heterocycles. The van der Waals surface area contributed by atoms with Crippen molar-refractivity contribution in [3.63, 3.8) is 0 Å². The molecule has 1 aromatic carbocycles. The second-order valence-electron chi connectivity index (χ2n) is 4.25. The van der Waals surface area contributed by atoms with Crippen LogP contribution in [0, 0.1) is 22.7 Å². The van der Waals surface area contributed by atoms with Gasteiger partial charge in [0.1, 0.15) is 17.7 Å². The average molecular weight is 257 g/mol. The summed E-state index contributed by atoms with van der Waals surface area (Å²) in [5.74, 6) is 0.393. The molecule has 5 nitrogen and oxygen atoms in total. The van der Waals surface area contributed by atoms with Crippen LogP contribution >= 0.6 is 0 Å². The lowest BCUT2D eigenvalue weighted by Crippen LogP contribution is -2.11. The summed E-state index contributed by atoms with van der Waals surface area (Å²) >= 11 is 0. The predicted molar refractivity (Wildman–Crippen MR) is 71.3 cm³/mol. The Balaban J connectivity index is 3.33. The van der Waals surface area contributed by atoms with Gasteiger partial charge in [-0.2, -0.15) is 10.5 Å². The SMILES string of the molecule is COc1cc(C=C(C#N)C#N)cc(CN(C)C)c1O. The van der Waals surface area contributed by atoms with E-state index in [9.17, 15) is 5.11 Å². The Kier molecular flexibility index (Phi) is 4.93. The van der Waals surface area contributed by atoms with Gasteiger partial charge in [-0.3, -0.25) is 0 Å². The van der Waals surface area contributed by atoms with Gasteiger partial charge in [0.25, 0.3) is 0 Å². The van der Waals surface area contributed by atoms with Crippen LogP contribution in [0.25, 0.3) is 6.08 Å². The summed E-state index contributed by atoms with van der Waals surface area (Å²) in [5.41, 5.74) is 1.32. The van der Waals surface area contributed by atoms with Crippen molar-refractivity contribution in [2.24, 2.45) is 0 Å². The van der Waals surface area contributed by atoms with Gasteiger partial charge >= 0.3 is 0 Å². The van der Waals surface area contributed by atoms with Gasteiger partial charge in [0.15, 0.2) is 11.5 Å². The van der Waals surface area contributed by atoms with E-state index >= 15 is 0 Å². The Morgan fingerprint density at radius 3 is 2.47 bits per heavy atom. The van der Waals surface area contributed by atoms with Gasteiger partial charge < -0.3 is 14.7 Å². The number of nitriles is 2. The van der Waals surface area contributed by atoms with Gasteiger partial charge in [0, 0.05) is 12.1 Å². The number of hydrogen-bond acceptors (Lipinski definition) is 5. The third kappa shape index (κ3) is 3.74. The fourth-order valence-corrected chi connectivity index (χ4v) is 1.65. The van der Waals surface area contributed by atoms with Crippen molar-refractivity contribution in [3.05, 3.63) is 28.8 Å². The molecule has 0 saturated carbocycles. The molecule has 0 spiro atoms. The topological polar surface area (TPSA) is 80.3 Å². The fourth-order valence-electron chi connectivity index (χ4n) is 1.65. The molecule has 1 N–H and O–H groups in total. The third-order valence-corrected chi connectivity index (χ3v) is 2.43. The van der Waals surface area contributed by atoms with Gasteiger partial charge in [-0.1, -0.05) is 0 Å². The number of aromatic hydroxyl groups is 1. The third-order valence-electron chi connectivity index (χ3n) is 2.43. The quantitative estimate of drug-likeness (QED) is 0.833. The van der Waals surface area contributed by atoms with Crippen LogP contribution in [0.2, 0.25) is 0 Å². The highest BCUT2D eigenvalue weighted by atomic mass is 16.5. The lowest BCUT2D eigenvalue weighted by molar-refractivity contribution is 0.354. The molecule has 1 aromatic rings. The Bertz CT molecular complexity index is 562. The van der Waals surface area contributed by atoms with Gasteiger partial charge in [-0.15, -0.1) is 0 Å². The van der Waals surface area contributed by atoms with Crippen LogP contribution < -0.4 is 4.74 Å². The first-order valence-corrected chi connectivity index (χ1v) is 5.58. The zero-order valence-electron chi connectivity index (χ0n) is 11.1. The molecular weight excluding hydrogens is 242 g/mol. The molecule has 1 rings (SSSR count). The van der Waals surface area contributed by atoms with E-state index in [-0.39, 0.29) is 11.3 Å². The van der Waals surface area contributed by atoms with E-state index < -0.39 is 0 Å². The predicted octanol–water partition coefficient (Wildman–Crippen LogP) is 1.89. The molecule has 0 unspecified atom stereocenters. The highest BCUT2D eigenvalue weighted by Crippen LogP contribution is 2.32. The second kappa shape index (κ2) is 6.44. The number of methoxy groups -OCH3 is 1. The van der Waals surface area contributed by atoms with Gasteiger partial charge in [0.2, 0.25) is 0 Å². The molecule has 0 atom stereocenters. The number of rotatable bonds is 4. The number of benzene rings is 1. The van der Waals surface area contributed by atoms with Crippen molar-refractivity contribution >= 4 is 6.08 Å². The normalized spacial score (nSPS) is 9.58. The first-order valence-electron chi connectivity index (χ1n) is 5.58. The van der Waals surface area contributed by atoms with E-state index in [2.05, 4.69) is 0 Å². The van der Waals surface area contributed by atoms with Crippen molar-refractivity contribution in [2.45, 2.75) is 6.54 Å². The number of nitrogens with zero attached hydrogens (tertiary/aromatic N) is 3. The van der Waals surface area contributed by atoms with E-state index in [1.807, 2.05) is 19.0 Å². The molecule has 0 fully saturated rings. The van der Waals surface area contributed by atoms with E-state index in [0.29, 0.717) is 23.4 Å². The molecule has 19 heavy (non-hydrogen) atoms. The summed E-state index contributed by atoms with van der Waals surface area (Å²) in [6, 6.07) is 6.91. The molecule has 5 heteroatoms. The van der Waals surface area contributed by atoms with Crippen molar-refractivity contribution in [2.75, 3.05) is 21.2 Å².